The molecule has 0 radical (unpaired) electrons. The van der Waals surface area contributed by atoms with Crippen molar-refractivity contribution in [3.8, 4) is 17.0 Å². The molecule has 1 N–H and O–H groups in total. The van der Waals surface area contributed by atoms with Gasteiger partial charge in [-0.2, -0.15) is 5.10 Å². The van der Waals surface area contributed by atoms with Gasteiger partial charge in [-0.15, -0.1) is 0 Å². The van der Waals surface area contributed by atoms with E-state index in [9.17, 15) is 9.90 Å². The first-order valence-corrected chi connectivity index (χ1v) is 7.59. The Morgan fingerprint density at radius 1 is 1.21 bits per heavy atom. The number of ether oxygens (including phenoxy) is 1. The first-order valence-electron chi connectivity index (χ1n) is 7.59. The first kappa shape index (κ1) is 16.0. The van der Waals surface area contributed by atoms with Gasteiger partial charge in [0.1, 0.15) is 5.60 Å². The van der Waals surface area contributed by atoms with E-state index in [1.165, 1.54) is 0 Å². The molecule has 0 amide bonds. The molecule has 6 nitrogen and oxygen atoms in total. The van der Waals surface area contributed by atoms with Gasteiger partial charge in [0.2, 0.25) is 5.88 Å². The van der Waals surface area contributed by atoms with Crippen molar-refractivity contribution in [3.05, 3.63) is 42.4 Å². The average molecular weight is 325 g/mol. The summed E-state index contributed by atoms with van der Waals surface area (Å²) in [5.41, 5.74) is 1.52. The molecule has 0 bridgehead atoms. The Bertz CT molecular complexity index is 923. The zero-order valence-corrected chi connectivity index (χ0v) is 14.1. The topological polar surface area (TPSA) is 77.2 Å². The highest BCUT2D eigenvalue weighted by Crippen LogP contribution is 2.34. The van der Waals surface area contributed by atoms with Crippen LogP contribution in [0.4, 0.5) is 0 Å². The van der Waals surface area contributed by atoms with E-state index in [1.54, 1.807) is 35.3 Å². The van der Waals surface area contributed by atoms with Gasteiger partial charge in [0.25, 0.3) is 0 Å². The number of aromatic carboxylic acids is 1. The maximum absolute atomic E-state index is 11.3. The zero-order valence-electron chi connectivity index (χ0n) is 14.1. The zero-order chi connectivity index (χ0) is 17.5. The lowest BCUT2D eigenvalue weighted by atomic mass is 10.0. The fourth-order valence-electron chi connectivity index (χ4n) is 2.51. The number of carboxylic acids is 1. The smallest absolute Gasteiger partial charge is 0.335 e. The number of benzene rings is 1. The van der Waals surface area contributed by atoms with Crippen molar-refractivity contribution in [2.24, 2.45) is 7.05 Å². The number of nitrogens with zero attached hydrogens (tertiary/aromatic N) is 3. The molecule has 0 aliphatic heterocycles. The molecular formula is C18H19N3O3. The molecule has 2 heterocycles. The predicted molar refractivity (Wildman–Crippen MR) is 91.3 cm³/mol. The maximum Gasteiger partial charge on any atom is 0.335 e. The summed E-state index contributed by atoms with van der Waals surface area (Å²) in [7, 11) is 1.83. The second-order valence-electron chi connectivity index (χ2n) is 6.66. The van der Waals surface area contributed by atoms with Gasteiger partial charge in [0.05, 0.1) is 11.8 Å². The van der Waals surface area contributed by atoms with E-state index >= 15 is 0 Å². The summed E-state index contributed by atoms with van der Waals surface area (Å²) in [5, 5.41) is 15.0. The Hall–Kier alpha value is -2.89. The summed E-state index contributed by atoms with van der Waals surface area (Å²) in [6.45, 7) is 5.84. The highest BCUT2D eigenvalue weighted by molar-refractivity contribution is 6.02. The molecule has 0 unspecified atom stereocenters. The monoisotopic (exact) mass is 325 g/mol. The third-order valence-corrected chi connectivity index (χ3v) is 3.52. The molecule has 0 atom stereocenters. The number of carboxylic acid groups (broad SMARTS) is 1. The molecule has 24 heavy (non-hydrogen) atoms. The number of pyridine rings is 1. The number of rotatable bonds is 3. The van der Waals surface area contributed by atoms with Crippen LogP contribution >= 0.6 is 0 Å². The molecular weight excluding hydrogens is 306 g/mol. The van der Waals surface area contributed by atoms with Crippen LogP contribution in [0.5, 0.6) is 5.88 Å². The lowest BCUT2D eigenvalue weighted by molar-refractivity contribution is 0.0697. The summed E-state index contributed by atoms with van der Waals surface area (Å²) in [4.78, 5) is 15.8. The van der Waals surface area contributed by atoms with Gasteiger partial charge < -0.3 is 9.84 Å². The Balaban J connectivity index is 2.27. The Morgan fingerprint density at radius 3 is 2.54 bits per heavy atom. The third kappa shape index (κ3) is 3.08. The summed E-state index contributed by atoms with van der Waals surface area (Å²) in [6, 6.07) is 4.96. The molecule has 0 aliphatic carbocycles. The van der Waals surface area contributed by atoms with Crippen molar-refractivity contribution in [1.29, 1.82) is 0 Å². The quantitative estimate of drug-likeness (QED) is 0.797. The average Bonchev–Trinajstić information content (AvgIpc) is 2.91. The van der Waals surface area contributed by atoms with Crippen molar-refractivity contribution >= 4 is 16.7 Å². The van der Waals surface area contributed by atoms with E-state index in [0.717, 1.165) is 21.9 Å². The molecule has 0 saturated heterocycles. The van der Waals surface area contributed by atoms with E-state index < -0.39 is 11.6 Å². The van der Waals surface area contributed by atoms with Crippen molar-refractivity contribution in [3.63, 3.8) is 0 Å². The summed E-state index contributed by atoms with van der Waals surface area (Å²) in [5.74, 6) is -0.480. The highest BCUT2D eigenvalue weighted by atomic mass is 16.5. The normalized spacial score (nSPS) is 11.7. The minimum absolute atomic E-state index is 0.223. The second-order valence-corrected chi connectivity index (χ2v) is 6.66. The molecule has 3 aromatic rings. The molecule has 2 aromatic heterocycles. The van der Waals surface area contributed by atoms with Crippen LogP contribution in [0.1, 0.15) is 31.1 Å². The molecule has 0 fully saturated rings. The van der Waals surface area contributed by atoms with Crippen LogP contribution in [0.15, 0.2) is 36.8 Å². The molecule has 124 valence electrons. The largest absolute Gasteiger partial charge is 0.478 e. The van der Waals surface area contributed by atoms with Crippen LogP contribution in [0.2, 0.25) is 0 Å². The van der Waals surface area contributed by atoms with Gasteiger partial charge in [-0.05, 0) is 44.4 Å². The molecule has 6 heteroatoms. The predicted octanol–water partition coefficient (Wildman–Crippen LogP) is 3.51. The van der Waals surface area contributed by atoms with Crippen LogP contribution < -0.4 is 4.74 Å². The molecule has 1 aromatic carbocycles. The van der Waals surface area contributed by atoms with Crippen molar-refractivity contribution in [1.82, 2.24) is 14.8 Å². The molecule has 0 saturated carbocycles. The van der Waals surface area contributed by atoms with E-state index in [-0.39, 0.29) is 5.56 Å². The van der Waals surface area contributed by atoms with Gasteiger partial charge in [0.15, 0.2) is 0 Å². The van der Waals surface area contributed by atoms with Crippen LogP contribution in [-0.4, -0.2) is 31.4 Å². The lowest BCUT2D eigenvalue weighted by Gasteiger charge is -2.22. The van der Waals surface area contributed by atoms with Gasteiger partial charge in [-0.1, -0.05) is 0 Å². The van der Waals surface area contributed by atoms with Gasteiger partial charge >= 0.3 is 5.97 Å². The third-order valence-electron chi connectivity index (χ3n) is 3.52. The molecule has 0 aliphatic rings. The maximum atomic E-state index is 11.3. The second kappa shape index (κ2) is 5.63. The van der Waals surface area contributed by atoms with E-state index in [0.29, 0.717) is 5.88 Å². The van der Waals surface area contributed by atoms with E-state index in [4.69, 9.17) is 4.74 Å². The standard InChI is InChI=1S/C18H19N3O3/c1-18(2,3)24-16-13-6-5-11(17(22)23)7-14(13)15(9-19-16)12-8-20-21(4)10-12/h5-10H,1-4H3,(H,22,23). The minimum Gasteiger partial charge on any atom is -0.478 e. The fourth-order valence-corrected chi connectivity index (χ4v) is 2.51. The number of fused-ring (bicyclic) bond motifs is 1. The number of aromatic nitrogens is 3. The first-order chi connectivity index (χ1) is 11.2. The van der Waals surface area contributed by atoms with Crippen LogP contribution in [-0.2, 0) is 7.05 Å². The summed E-state index contributed by atoms with van der Waals surface area (Å²) < 4.78 is 7.63. The lowest BCUT2D eigenvalue weighted by Crippen LogP contribution is -2.23. The van der Waals surface area contributed by atoms with Gasteiger partial charge in [-0.3, -0.25) is 4.68 Å². The highest BCUT2D eigenvalue weighted by Gasteiger charge is 2.18. The number of hydrogen-bond donors (Lipinski definition) is 1. The Kier molecular flexibility index (Phi) is 3.75. The van der Waals surface area contributed by atoms with Crippen molar-refractivity contribution < 1.29 is 14.6 Å². The SMILES string of the molecule is Cn1cc(-c2cnc(OC(C)(C)C)c3ccc(C(=O)O)cc23)cn1. The van der Waals surface area contributed by atoms with Gasteiger partial charge in [0, 0.05) is 36.0 Å². The molecule has 3 rings (SSSR count). The Labute approximate surface area is 139 Å². The number of aryl methyl sites for hydroxylation is 1. The van der Waals surface area contributed by atoms with E-state index in [1.807, 2.05) is 34.0 Å². The molecule has 0 spiro atoms. The van der Waals surface area contributed by atoms with Crippen molar-refractivity contribution in [2.75, 3.05) is 0 Å². The van der Waals surface area contributed by atoms with E-state index in [2.05, 4.69) is 10.1 Å². The fraction of sp³-hybridized carbons (Fsp3) is 0.278. The van der Waals surface area contributed by atoms with Crippen molar-refractivity contribution in [2.45, 2.75) is 26.4 Å². The van der Waals surface area contributed by atoms with Gasteiger partial charge in [-0.25, -0.2) is 9.78 Å². The minimum atomic E-state index is -0.968. The summed E-state index contributed by atoms with van der Waals surface area (Å²) in [6.07, 6.45) is 5.30. The van der Waals surface area contributed by atoms with Crippen LogP contribution in [0.3, 0.4) is 0 Å². The number of carbonyl (C=O) groups is 1. The Morgan fingerprint density at radius 2 is 1.96 bits per heavy atom. The van der Waals surface area contributed by atoms with Crippen LogP contribution in [0, 0.1) is 0 Å². The van der Waals surface area contributed by atoms with Crippen LogP contribution in [0.25, 0.3) is 21.9 Å². The summed E-state index contributed by atoms with van der Waals surface area (Å²) >= 11 is 0. The number of hydrogen-bond acceptors (Lipinski definition) is 4.